The normalized spacial score (nSPS) is 24.1. The number of benzene rings is 1. The van der Waals surface area contributed by atoms with Crippen LogP contribution in [0.5, 0.6) is 5.75 Å². The van der Waals surface area contributed by atoms with Crippen LogP contribution in [0.2, 0.25) is 0 Å². The van der Waals surface area contributed by atoms with Gasteiger partial charge in [-0.25, -0.2) is 0 Å². The van der Waals surface area contributed by atoms with Crippen molar-refractivity contribution >= 4 is 17.3 Å². The van der Waals surface area contributed by atoms with Crippen LogP contribution in [0.1, 0.15) is 33.1 Å². The summed E-state index contributed by atoms with van der Waals surface area (Å²) in [4.78, 5) is 36.1. The lowest BCUT2D eigenvalue weighted by Crippen LogP contribution is -2.48. The van der Waals surface area contributed by atoms with E-state index in [0.717, 1.165) is 55.3 Å². The standard InChI is InChI=1S/C26H33N5O5/c1-18(2)35-25-6-4-3-5-23(25)29-13-11-28(12-14-29)17-21-16-22(27-36-21)26(32)30-10-9-19-7-8-20(31(33)34)15-24(19)30/h3-8,18,20-21H,9-17H2,1-2H3. The number of rotatable bonds is 7. The quantitative estimate of drug-likeness (QED) is 0.424. The highest BCUT2D eigenvalue weighted by Gasteiger charge is 2.38. The smallest absolute Gasteiger partial charge is 0.275 e. The highest BCUT2D eigenvalue weighted by molar-refractivity contribution is 6.39. The summed E-state index contributed by atoms with van der Waals surface area (Å²) in [6.07, 6.45) is 4.79. The molecule has 3 aliphatic heterocycles. The van der Waals surface area contributed by atoms with Gasteiger partial charge in [-0.05, 0) is 44.1 Å². The number of ether oxygens (including phenoxy) is 1. The van der Waals surface area contributed by atoms with Crippen molar-refractivity contribution in [3.8, 4) is 5.75 Å². The predicted molar refractivity (Wildman–Crippen MR) is 136 cm³/mol. The van der Waals surface area contributed by atoms with Gasteiger partial charge in [0.25, 0.3) is 5.91 Å². The van der Waals surface area contributed by atoms with Crippen LogP contribution in [0.4, 0.5) is 5.69 Å². The number of nitrogens with zero attached hydrogens (tertiary/aromatic N) is 5. The maximum Gasteiger partial charge on any atom is 0.275 e. The van der Waals surface area contributed by atoms with E-state index in [9.17, 15) is 14.9 Å². The number of carbonyl (C=O) groups is 1. The lowest BCUT2D eigenvalue weighted by Gasteiger charge is -2.37. The minimum atomic E-state index is -0.783. The van der Waals surface area contributed by atoms with Crippen LogP contribution in [0.3, 0.4) is 0 Å². The molecule has 1 saturated heterocycles. The van der Waals surface area contributed by atoms with E-state index >= 15 is 0 Å². The van der Waals surface area contributed by atoms with Crippen molar-refractivity contribution < 1.29 is 19.3 Å². The van der Waals surface area contributed by atoms with E-state index in [1.165, 1.54) is 0 Å². The number of piperazine rings is 1. The molecule has 4 aliphatic rings. The van der Waals surface area contributed by atoms with Crippen molar-refractivity contribution in [2.24, 2.45) is 5.16 Å². The number of para-hydroxylation sites is 2. The van der Waals surface area contributed by atoms with Gasteiger partial charge in [-0.15, -0.1) is 0 Å². The zero-order chi connectivity index (χ0) is 25.2. The molecule has 0 aromatic heterocycles. The van der Waals surface area contributed by atoms with Crippen LogP contribution in [-0.2, 0) is 9.63 Å². The number of hydrogen-bond acceptors (Lipinski definition) is 8. The average Bonchev–Trinajstić information content (AvgIpc) is 3.51. The van der Waals surface area contributed by atoms with Gasteiger partial charge in [0.2, 0.25) is 6.04 Å². The van der Waals surface area contributed by atoms with E-state index in [4.69, 9.17) is 9.57 Å². The fraction of sp³-hybridized carbons (Fsp3) is 0.538. The van der Waals surface area contributed by atoms with E-state index < -0.39 is 6.04 Å². The van der Waals surface area contributed by atoms with E-state index in [1.54, 1.807) is 17.1 Å². The SMILES string of the molecule is CC(C)Oc1ccccc1N1CCN(CC2CC(C(=O)N3CCC4=C3CC([N+](=O)[O-])C=C4)=NO2)CC1. The van der Waals surface area contributed by atoms with E-state index in [1.807, 2.05) is 32.0 Å². The van der Waals surface area contributed by atoms with Gasteiger partial charge in [-0.3, -0.25) is 19.8 Å². The Bertz CT molecular complexity index is 1110. The molecule has 1 amide bonds. The second-order valence-electron chi connectivity index (χ2n) is 9.99. The topological polar surface area (TPSA) is 101 Å². The van der Waals surface area contributed by atoms with Gasteiger partial charge in [0.05, 0.1) is 18.2 Å². The fourth-order valence-corrected chi connectivity index (χ4v) is 5.31. The first-order chi connectivity index (χ1) is 17.4. The maximum atomic E-state index is 13.2. The minimum absolute atomic E-state index is 0.122. The number of carbonyl (C=O) groups excluding carboxylic acids is 1. The first-order valence-corrected chi connectivity index (χ1v) is 12.7. The molecule has 1 aromatic carbocycles. The Labute approximate surface area is 210 Å². The number of nitro groups is 1. The molecule has 2 atom stereocenters. The first-order valence-electron chi connectivity index (χ1n) is 12.7. The van der Waals surface area contributed by atoms with Gasteiger partial charge in [0.15, 0.2) is 0 Å². The summed E-state index contributed by atoms with van der Waals surface area (Å²) in [6, 6.07) is 7.38. The third-order valence-corrected chi connectivity index (χ3v) is 7.12. The number of amides is 1. The lowest BCUT2D eigenvalue weighted by molar-refractivity contribution is -0.509. The maximum absolute atomic E-state index is 13.2. The van der Waals surface area contributed by atoms with Gasteiger partial charge in [0.1, 0.15) is 17.6 Å². The van der Waals surface area contributed by atoms with Crippen LogP contribution in [-0.4, -0.2) is 83.9 Å². The van der Waals surface area contributed by atoms with Crippen LogP contribution in [0, 0.1) is 10.1 Å². The Morgan fingerprint density at radius 1 is 1.19 bits per heavy atom. The Kier molecular flexibility index (Phi) is 6.95. The fourth-order valence-electron chi connectivity index (χ4n) is 5.31. The van der Waals surface area contributed by atoms with Crippen molar-refractivity contribution in [2.45, 2.75) is 51.4 Å². The Hall–Kier alpha value is -3.40. The molecule has 0 saturated carbocycles. The van der Waals surface area contributed by atoms with Crippen molar-refractivity contribution in [2.75, 3.05) is 44.2 Å². The third kappa shape index (κ3) is 5.09. The lowest BCUT2D eigenvalue weighted by atomic mass is 10.00. The first kappa shape index (κ1) is 24.3. The summed E-state index contributed by atoms with van der Waals surface area (Å²) in [7, 11) is 0. The molecule has 0 bridgehead atoms. The van der Waals surface area contributed by atoms with Gasteiger partial charge < -0.3 is 19.4 Å². The molecule has 3 heterocycles. The molecule has 2 unspecified atom stereocenters. The summed E-state index contributed by atoms with van der Waals surface area (Å²) in [6.45, 7) is 8.84. The Balaban J connectivity index is 1.12. The molecule has 36 heavy (non-hydrogen) atoms. The predicted octanol–water partition coefficient (Wildman–Crippen LogP) is 2.83. The zero-order valence-corrected chi connectivity index (χ0v) is 20.8. The molecule has 1 aliphatic carbocycles. The largest absolute Gasteiger partial charge is 0.489 e. The summed E-state index contributed by atoms with van der Waals surface area (Å²) >= 11 is 0. The summed E-state index contributed by atoms with van der Waals surface area (Å²) in [5.41, 5.74) is 3.29. The number of anilines is 1. The molecule has 10 heteroatoms. The van der Waals surface area contributed by atoms with Crippen LogP contribution in [0.25, 0.3) is 0 Å². The van der Waals surface area contributed by atoms with Gasteiger partial charge in [0, 0.05) is 56.3 Å². The molecule has 1 aromatic rings. The van der Waals surface area contributed by atoms with E-state index in [0.29, 0.717) is 25.2 Å². The molecule has 1 fully saturated rings. The third-order valence-electron chi connectivity index (χ3n) is 7.12. The van der Waals surface area contributed by atoms with Gasteiger partial charge >= 0.3 is 0 Å². The van der Waals surface area contributed by atoms with Crippen LogP contribution < -0.4 is 9.64 Å². The summed E-state index contributed by atoms with van der Waals surface area (Å²) < 4.78 is 5.99. The Morgan fingerprint density at radius 3 is 2.72 bits per heavy atom. The molecular weight excluding hydrogens is 462 g/mol. The average molecular weight is 496 g/mol. The summed E-state index contributed by atoms with van der Waals surface area (Å²) in [5.74, 6) is 0.723. The Morgan fingerprint density at radius 2 is 1.97 bits per heavy atom. The van der Waals surface area contributed by atoms with E-state index in [2.05, 4.69) is 21.0 Å². The highest BCUT2D eigenvalue weighted by atomic mass is 16.6. The molecule has 0 radical (unpaired) electrons. The molecule has 10 nitrogen and oxygen atoms in total. The van der Waals surface area contributed by atoms with Crippen molar-refractivity contribution in [3.63, 3.8) is 0 Å². The zero-order valence-electron chi connectivity index (χ0n) is 20.8. The number of hydrogen-bond donors (Lipinski definition) is 0. The number of oxime groups is 1. The van der Waals surface area contributed by atoms with Crippen molar-refractivity contribution in [1.29, 1.82) is 0 Å². The van der Waals surface area contributed by atoms with Crippen LogP contribution >= 0.6 is 0 Å². The van der Waals surface area contributed by atoms with Crippen LogP contribution in [0.15, 0.2) is 52.8 Å². The molecule has 0 spiro atoms. The monoisotopic (exact) mass is 495 g/mol. The molecule has 5 rings (SSSR count). The number of allylic oxidation sites excluding steroid dienone is 1. The van der Waals surface area contributed by atoms with Crippen molar-refractivity contribution in [1.82, 2.24) is 9.80 Å². The second-order valence-corrected chi connectivity index (χ2v) is 9.99. The second kappa shape index (κ2) is 10.3. The highest BCUT2D eigenvalue weighted by Crippen LogP contribution is 2.33. The molecule has 192 valence electrons. The van der Waals surface area contributed by atoms with Gasteiger partial charge in [-0.2, -0.15) is 0 Å². The van der Waals surface area contributed by atoms with E-state index in [-0.39, 0.29) is 29.5 Å². The minimum Gasteiger partial charge on any atom is -0.489 e. The summed E-state index contributed by atoms with van der Waals surface area (Å²) in [5, 5.41) is 15.4. The molecular formula is C26H33N5O5. The van der Waals surface area contributed by atoms with Crippen molar-refractivity contribution in [3.05, 3.63) is 57.8 Å². The van der Waals surface area contributed by atoms with Gasteiger partial charge in [-0.1, -0.05) is 23.4 Å². The molecule has 0 N–H and O–H groups in total.